The lowest BCUT2D eigenvalue weighted by atomic mass is 9.83. The Bertz CT molecular complexity index is 634. The SMILES string of the molecule is CCc1nn(C)c2c1nc(CCCl)n2C1(C)CCCCC1. The van der Waals surface area contributed by atoms with Gasteiger partial charge >= 0.3 is 0 Å². The van der Waals surface area contributed by atoms with E-state index in [9.17, 15) is 0 Å². The molecular formula is C16H25ClN4. The number of aromatic nitrogens is 4. The molecule has 0 unspecified atom stereocenters. The van der Waals surface area contributed by atoms with Gasteiger partial charge in [0.15, 0.2) is 5.65 Å². The Kier molecular flexibility index (Phi) is 4.00. The van der Waals surface area contributed by atoms with Crippen molar-refractivity contribution in [3.8, 4) is 0 Å². The maximum Gasteiger partial charge on any atom is 0.159 e. The van der Waals surface area contributed by atoms with Gasteiger partial charge in [-0.2, -0.15) is 5.10 Å². The first kappa shape index (κ1) is 14.9. The average Bonchev–Trinajstić information content (AvgIpc) is 2.98. The highest BCUT2D eigenvalue weighted by atomic mass is 35.5. The van der Waals surface area contributed by atoms with E-state index in [1.54, 1.807) is 0 Å². The van der Waals surface area contributed by atoms with Crippen molar-refractivity contribution in [2.24, 2.45) is 7.05 Å². The van der Waals surface area contributed by atoms with E-state index in [0.29, 0.717) is 5.88 Å². The van der Waals surface area contributed by atoms with Crippen molar-refractivity contribution in [1.82, 2.24) is 19.3 Å². The normalized spacial score (nSPS) is 18.5. The highest BCUT2D eigenvalue weighted by Gasteiger charge is 2.34. The molecule has 0 saturated heterocycles. The summed E-state index contributed by atoms with van der Waals surface area (Å²) in [5.41, 5.74) is 3.51. The number of hydrogen-bond acceptors (Lipinski definition) is 2. The Morgan fingerprint density at radius 3 is 2.57 bits per heavy atom. The fourth-order valence-corrected chi connectivity index (χ4v) is 3.99. The number of hydrogen-bond donors (Lipinski definition) is 0. The number of aryl methyl sites for hydroxylation is 3. The second kappa shape index (κ2) is 5.64. The van der Waals surface area contributed by atoms with Crippen LogP contribution in [-0.2, 0) is 25.4 Å². The molecule has 116 valence electrons. The minimum Gasteiger partial charge on any atom is -0.307 e. The summed E-state index contributed by atoms with van der Waals surface area (Å²) < 4.78 is 4.47. The molecule has 3 rings (SSSR count). The molecule has 0 bridgehead atoms. The molecule has 0 N–H and O–H groups in total. The van der Waals surface area contributed by atoms with Gasteiger partial charge in [-0.3, -0.25) is 4.68 Å². The summed E-state index contributed by atoms with van der Waals surface area (Å²) in [6, 6.07) is 0. The maximum absolute atomic E-state index is 6.02. The molecule has 0 spiro atoms. The summed E-state index contributed by atoms with van der Waals surface area (Å²) in [5.74, 6) is 1.75. The largest absolute Gasteiger partial charge is 0.307 e. The predicted octanol–water partition coefficient (Wildman–Crippen LogP) is 3.79. The molecule has 2 heterocycles. The first-order chi connectivity index (χ1) is 10.1. The van der Waals surface area contributed by atoms with E-state index >= 15 is 0 Å². The lowest BCUT2D eigenvalue weighted by Gasteiger charge is -2.36. The van der Waals surface area contributed by atoms with E-state index in [4.69, 9.17) is 16.6 Å². The number of fused-ring (bicyclic) bond motifs is 1. The molecule has 0 atom stereocenters. The molecule has 0 aromatic carbocycles. The molecule has 1 saturated carbocycles. The molecule has 1 fully saturated rings. The van der Waals surface area contributed by atoms with Gasteiger partial charge in [0.05, 0.1) is 5.69 Å². The van der Waals surface area contributed by atoms with Gasteiger partial charge in [-0.05, 0) is 26.2 Å². The Labute approximate surface area is 131 Å². The molecule has 1 aliphatic rings. The van der Waals surface area contributed by atoms with Crippen LogP contribution in [0.5, 0.6) is 0 Å². The van der Waals surface area contributed by atoms with Crippen LogP contribution in [0.1, 0.15) is 57.5 Å². The van der Waals surface area contributed by atoms with Gasteiger partial charge in [0.2, 0.25) is 0 Å². The van der Waals surface area contributed by atoms with E-state index in [-0.39, 0.29) is 5.54 Å². The Hall–Kier alpha value is -1.03. The lowest BCUT2D eigenvalue weighted by Crippen LogP contribution is -2.34. The average molecular weight is 309 g/mol. The van der Waals surface area contributed by atoms with Crippen molar-refractivity contribution in [1.29, 1.82) is 0 Å². The molecule has 2 aromatic heterocycles. The van der Waals surface area contributed by atoms with Crippen LogP contribution >= 0.6 is 11.6 Å². The van der Waals surface area contributed by atoms with E-state index in [2.05, 4.69) is 23.5 Å². The van der Waals surface area contributed by atoms with Crippen molar-refractivity contribution < 1.29 is 0 Å². The van der Waals surface area contributed by atoms with Crippen molar-refractivity contribution in [3.63, 3.8) is 0 Å². The van der Waals surface area contributed by atoms with Crippen molar-refractivity contribution in [2.45, 2.75) is 64.3 Å². The van der Waals surface area contributed by atoms with Crippen LogP contribution in [-0.4, -0.2) is 25.2 Å². The fourth-order valence-electron chi connectivity index (χ4n) is 3.82. The lowest BCUT2D eigenvalue weighted by molar-refractivity contribution is 0.217. The summed E-state index contributed by atoms with van der Waals surface area (Å²) in [7, 11) is 2.04. The minimum atomic E-state index is 0.160. The highest BCUT2D eigenvalue weighted by Crippen LogP contribution is 2.38. The summed E-state index contributed by atoms with van der Waals surface area (Å²) in [4.78, 5) is 4.91. The van der Waals surface area contributed by atoms with E-state index in [1.807, 2.05) is 11.7 Å². The van der Waals surface area contributed by atoms with Crippen LogP contribution in [0.2, 0.25) is 0 Å². The quantitative estimate of drug-likeness (QED) is 0.806. The van der Waals surface area contributed by atoms with Gasteiger partial charge < -0.3 is 4.57 Å². The van der Waals surface area contributed by atoms with Crippen LogP contribution in [0.3, 0.4) is 0 Å². The van der Waals surface area contributed by atoms with Crippen molar-refractivity contribution in [2.75, 3.05) is 5.88 Å². The third kappa shape index (κ3) is 2.37. The fraction of sp³-hybridized carbons (Fsp3) is 0.750. The van der Waals surface area contributed by atoms with E-state index in [1.165, 1.54) is 37.8 Å². The summed E-state index contributed by atoms with van der Waals surface area (Å²) in [6.07, 6.45) is 8.15. The van der Waals surface area contributed by atoms with Crippen LogP contribution in [0.4, 0.5) is 0 Å². The Morgan fingerprint density at radius 2 is 1.95 bits per heavy atom. The first-order valence-corrected chi connectivity index (χ1v) is 8.64. The third-order valence-corrected chi connectivity index (χ3v) is 5.09. The number of imidazole rings is 1. The number of rotatable bonds is 4. The van der Waals surface area contributed by atoms with E-state index in [0.717, 1.165) is 29.9 Å². The van der Waals surface area contributed by atoms with Gasteiger partial charge in [-0.25, -0.2) is 4.98 Å². The second-order valence-corrected chi connectivity index (χ2v) is 6.83. The van der Waals surface area contributed by atoms with Crippen LogP contribution in [0.15, 0.2) is 0 Å². The van der Waals surface area contributed by atoms with E-state index < -0.39 is 0 Å². The minimum absolute atomic E-state index is 0.160. The van der Waals surface area contributed by atoms with Crippen LogP contribution in [0.25, 0.3) is 11.2 Å². The topological polar surface area (TPSA) is 35.6 Å². The molecular weight excluding hydrogens is 284 g/mol. The number of nitrogens with zero attached hydrogens (tertiary/aromatic N) is 4. The molecule has 0 radical (unpaired) electrons. The van der Waals surface area contributed by atoms with Crippen LogP contribution in [0, 0.1) is 0 Å². The van der Waals surface area contributed by atoms with Crippen LogP contribution < -0.4 is 0 Å². The van der Waals surface area contributed by atoms with Gasteiger partial charge in [-0.15, -0.1) is 11.6 Å². The maximum atomic E-state index is 6.02. The van der Waals surface area contributed by atoms with Gasteiger partial charge in [0.1, 0.15) is 11.3 Å². The number of alkyl halides is 1. The molecule has 1 aliphatic carbocycles. The zero-order valence-corrected chi connectivity index (χ0v) is 14.1. The molecule has 4 nitrogen and oxygen atoms in total. The Morgan fingerprint density at radius 1 is 1.24 bits per heavy atom. The highest BCUT2D eigenvalue weighted by molar-refractivity contribution is 6.17. The van der Waals surface area contributed by atoms with Gasteiger partial charge in [0.25, 0.3) is 0 Å². The molecule has 2 aromatic rings. The monoisotopic (exact) mass is 308 g/mol. The van der Waals surface area contributed by atoms with Gasteiger partial charge in [-0.1, -0.05) is 26.2 Å². The Balaban J connectivity index is 2.22. The summed E-state index contributed by atoms with van der Waals surface area (Å²) >= 11 is 6.02. The number of halogens is 1. The zero-order valence-electron chi connectivity index (χ0n) is 13.3. The summed E-state index contributed by atoms with van der Waals surface area (Å²) in [5, 5.41) is 4.66. The molecule has 5 heteroatoms. The zero-order chi connectivity index (χ0) is 15.0. The standard InChI is InChI=1S/C16H25ClN4/c1-4-12-14-15(20(3)19-12)21(13(18-14)8-11-17)16(2)9-6-5-7-10-16/h4-11H2,1-3H3. The predicted molar refractivity (Wildman–Crippen MR) is 87.0 cm³/mol. The molecule has 0 aliphatic heterocycles. The van der Waals surface area contributed by atoms with Crippen molar-refractivity contribution >= 4 is 22.8 Å². The molecule has 0 amide bonds. The van der Waals surface area contributed by atoms with Gasteiger partial charge in [0, 0.05) is 24.9 Å². The smallest absolute Gasteiger partial charge is 0.159 e. The first-order valence-electron chi connectivity index (χ1n) is 8.10. The van der Waals surface area contributed by atoms with Crippen molar-refractivity contribution in [3.05, 3.63) is 11.5 Å². The third-order valence-electron chi connectivity index (χ3n) is 4.90. The second-order valence-electron chi connectivity index (χ2n) is 6.46. The molecule has 21 heavy (non-hydrogen) atoms. The summed E-state index contributed by atoms with van der Waals surface area (Å²) in [6.45, 7) is 4.52.